The lowest BCUT2D eigenvalue weighted by Gasteiger charge is -2.18. The minimum atomic E-state index is 0.580. The molecule has 2 N–H and O–H groups in total. The van der Waals surface area contributed by atoms with Gasteiger partial charge in [0.15, 0.2) is 5.11 Å². The zero-order chi connectivity index (χ0) is 11.8. The molecule has 0 radical (unpaired) electrons. The molecule has 0 aromatic carbocycles. The van der Waals surface area contributed by atoms with E-state index in [1.54, 1.807) is 0 Å². The third-order valence-corrected chi connectivity index (χ3v) is 3.59. The standard InChI is InChI=1S/C13H26N2S/c1-3-5-7-9-11-12(10-8-6-4-2)15-13(16)14-11/h11-12H,3-10H2,1-2H3,(H2,14,15,16). The fourth-order valence-corrected chi connectivity index (χ4v) is 2.66. The number of unbranched alkanes of at least 4 members (excludes halogenated alkanes) is 4. The minimum absolute atomic E-state index is 0.580. The van der Waals surface area contributed by atoms with Crippen molar-refractivity contribution in [1.29, 1.82) is 0 Å². The summed E-state index contributed by atoms with van der Waals surface area (Å²) >= 11 is 5.21. The molecular formula is C13H26N2S. The van der Waals surface area contributed by atoms with E-state index in [9.17, 15) is 0 Å². The fraction of sp³-hybridized carbons (Fsp3) is 0.923. The van der Waals surface area contributed by atoms with Gasteiger partial charge in [0.2, 0.25) is 0 Å². The Morgan fingerprint density at radius 3 is 1.69 bits per heavy atom. The van der Waals surface area contributed by atoms with Crippen LogP contribution >= 0.6 is 12.2 Å². The van der Waals surface area contributed by atoms with Gasteiger partial charge >= 0.3 is 0 Å². The molecular weight excluding hydrogens is 216 g/mol. The van der Waals surface area contributed by atoms with E-state index in [4.69, 9.17) is 12.2 Å². The summed E-state index contributed by atoms with van der Waals surface area (Å²) in [6, 6.07) is 1.16. The van der Waals surface area contributed by atoms with Gasteiger partial charge in [-0.25, -0.2) is 0 Å². The van der Waals surface area contributed by atoms with Crippen molar-refractivity contribution in [1.82, 2.24) is 10.6 Å². The van der Waals surface area contributed by atoms with Crippen molar-refractivity contribution in [3.05, 3.63) is 0 Å². The summed E-state index contributed by atoms with van der Waals surface area (Å²) in [5.41, 5.74) is 0. The van der Waals surface area contributed by atoms with Crippen LogP contribution < -0.4 is 10.6 Å². The molecule has 1 aliphatic heterocycles. The maximum Gasteiger partial charge on any atom is 0.166 e. The first-order chi connectivity index (χ1) is 7.77. The molecule has 0 amide bonds. The third kappa shape index (κ3) is 4.69. The van der Waals surface area contributed by atoms with Crippen LogP contribution in [0.1, 0.15) is 65.2 Å². The number of thiocarbonyl (C=S) groups is 1. The van der Waals surface area contributed by atoms with Crippen LogP contribution in [0.2, 0.25) is 0 Å². The molecule has 94 valence electrons. The Hall–Kier alpha value is -0.310. The van der Waals surface area contributed by atoms with Gasteiger partial charge in [-0.1, -0.05) is 52.4 Å². The number of hydrogen-bond donors (Lipinski definition) is 2. The van der Waals surface area contributed by atoms with Gasteiger partial charge < -0.3 is 10.6 Å². The van der Waals surface area contributed by atoms with Gasteiger partial charge in [0.25, 0.3) is 0 Å². The topological polar surface area (TPSA) is 24.1 Å². The molecule has 3 heteroatoms. The van der Waals surface area contributed by atoms with E-state index in [2.05, 4.69) is 24.5 Å². The van der Waals surface area contributed by atoms with Gasteiger partial charge in [-0.05, 0) is 25.1 Å². The number of hydrogen-bond acceptors (Lipinski definition) is 1. The van der Waals surface area contributed by atoms with Crippen LogP contribution in [0.15, 0.2) is 0 Å². The maximum absolute atomic E-state index is 5.21. The van der Waals surface area contributed by atoms with Crippen molar-refractivity contribution in [2.45, 2.75) is 77.3 Å². The molecule has 2 unspecified atom stereocenters. The monoisotopic (exact) mass is 242 g/mol. The molecule has 0 aromatic heterocycles. The van der Waals surface area contributed by atoms with E-state index in [0.29, 0.717) is 12.1 Å². The Kier molecular flexibility index (Phi) is 6.78. The second kappa shape index (κ2) is 7.88. The summed E-state index contributed by atoms with van der Waals surface area (Å²) in [7, 11) is 0. The summed E-state index contributed by atoms with van der Waals surface area (Å²) in [4.78, 5) is 0. The van der Waals surface area contributed by atoms with E-state index in [1.807, 2.05) is 0 Å². The molecule has 0 spiro atoms. The van der Waals surface area contributed by atoms with Crippen LogP contribution in [-0.2, 0) is 0 Å². The van der Waals surface area contributed by atoms with Crippen molar-refractivity contribution >= 4 is 17.3 Å². The van der Waals surface area contributed by atoms with Gasteiger partial charge in [0, 0.05) is 12.1 Å². The smallest absolute Gasteiger partial charge is 0.166 e. The lowest BCUT2D eigenvalue weighted by molar-refractivity contribution is 0.425. The van der Waals surface area contributed by atoms with Crippen molar-refractivity contribution < 1.29 is 0 Å². The van der Waals surface area contributed by atoms with Crippen LogP contribution in [0.5, 0.6) is 0 Å². The highest BCUT2D eigenvalue weighted by Crippen LogP contribution is 2.16. The van der Waals surface area contributed by atoms with Crippen molar-refractivity contribution in [2.24, 2.45) is 0 Å². The summed E-state index contributed by atoms with van der Waals surface area (Å²) in [5.74, 6) is 0. The SMILES string of the molecule is CCCCCC1NC(=S)NC1CCCCC. The quantitative estimate of drug-likeness (QED) is 0.504. The van der Waals surface area contributed by atoms with E-state index in [0.717, 1.165) is 5.11 Å². The Morgan fingerprint density at radius 1 is 0.875 bits per heavy atom. The van der Waals surface area contributed by atoms with Crippen LogP contribution in [0, 0.1) is 0 Å². The summed E-state index contributed by atoms with van der Waals surface area (Å²) in [6.07, 6.45) is 10.4. The highest BCUT2D eigenvalue weighted by Gasteiger charge is 2.27. The average molecular weight is 242 g/mol. The van der Waals surface area contributed by atoms with Crippen LogP contribution in [0.4, 0.5) is 0 Å². The second-order valence-electron chi connectivity index (χ2n) is 4.82. The van der Waals surface area contributed by atoms with Crippen LogP contribution in [-0.4, -0.2) is 17.2 Å². The summed E-state index contributed by atoms with van der Waals surface area (Å²) in [6.45, 7) is 4.51. The number of nitrogens with one attached hydrogen (secondary N) is 2. The molecule has 0 aliphatic carbocycles. The van der Waals surface area contributed by atoms with Gasteiger partial charge in [-0.15, -0.1) is 0 Å². The zero-order valence-corrected chi connectivity index (χ0v) is 11.5. The Labute approximate surface area is 106 Å². The second-order valence-corrected chi connectivity index (χ2v) is 5.23. The van der Waals surface area contributed by atoms with Gasteiger partial charge in [0.1, 0.15) is 0 Å². The van der Waals surface area contributed by atoms with Crippen LogP contribution in [0.25, 0.3) is 0 Å². The average Bonchev–Trinajstić information content (AvgIpc) is 2.60. The van der Waals surface area contributed by atoms with Crippen LogP contribution in [0.3, 0.4) is 0 Å². The highest BCUT2D eigenvalue weighted by atomic mass is 32.1. The molecule has 2 nitrogen and oxygen atoms in total. The first-order valence-electron chi connectivity index (χ1n) is 6.85. The minimum Gasteiger partial charge on any atom is -0.358 e. The van der Waals surface area contributed by atoms with Crippen molar-refractivity contribution in [2.75, 3.05) is 0 Å². The van der Waals surface area contributed by atoms with E-state index in [1.165, 1.54) is 51.4 Å². The maximum atomic E-state index is 5.21. The Balaban J connectivity index is 2.25. The summed E-state index contributed by atoms with van der Waals surface area (Å²) in [5, 5.41) is 7.68. The molecule has 1 fully saturated rings. The van der Waals surface area contributed by atoms with Gasteiger partial charge in [-0.3, -0.25) is 0 Å². The number of rotatable bonds is 8. The molecule has 0 bridgehead atoms. The lowest BCUT2D eigenvalue weighted by Crippen LogP contribution is -2.33. The lowest BCUT2D eigenvalue weighted by atomic mass is 9.98. The Bertz CT molecular complexity index is 186. The molecule has 1 heterocycles. The Morgan fingerprint density at radius 2 is 1.31 bits per heavy atom. The molecule has 16 heavy (non-hydrogen) atoms. The molecule has 1 saturated heterocycles. The normalized spacial score (nSPS) is 24.2. The highest BCUT2D eigenvalue weighted by molar-refractivity contribution is 7.80. The summed E-state index contributed by atoms with van der Waals surface area (Å²) < 4.78 is 0. The van der Waals surface area contributed by atoms with Gasteiger partial charge in [-0.2, -0.15) is 0 Å². The fourth-order valence-electron chi connectivity index (χ4n) is 2.35. The molecule has 0 aromatic rings. The third-order valence-electron chi connectivity index (χ3n) is 3.36. The molecule has 0 saturated carbocycles. The molecule has 1 rings (SSSR count). The molecule has 1 aliphatic rings. The predicted molar refractivity (Wildman–Crippen MR) is 74.7 cm³/mol. The van der Waals surface area contributed by atoms with Crippen molar-refractivity contribution in [3.63, 3.8) is 0 Å². The van der Waals surface area contributed by atoms with E-state index < -0.39 is 0 Å². The largest absolute Gasteiger partial charge is 0.358 e. The first-order valence-corrected chi connectivity index (χ1v) is 7.25. The predicted octanol–water partition coefficient (Wildman–Crippen LogP) is 3.36. The molecule has 2 atom stereocenters. The first kappa shape index (κ1) is 13.8. The van der Waals surface area contributed by atoms with E-state index >= 15 is 0 Å². The van der Waals surface area contributed by atoms with E-state index in [-0.39, 0.29) is 0 Å². The van der Waals surface area contributed by atoms with Crippen molar-refractivity contribution in [3.8, 4) is 0 Å². The van der Waals surface area contributed by atoms with Gasteiger partial charge in [0.05, 0.1) is 0 Å². The zero-order valence-electron chi connectivity index (χ0n) is 10.7.